The molecule has 4 rings (SSSR count). The first-order valence-corrected chi connectivity index (χ1v) is 9.28. The highest BCUT2D eigenvalue weighted by molar-refractivity contribution is 5.07. The fourth-order valence-electron chi connectivity index (χ4n) is 7.28. The Labute approximate surface area is 125 Å². The van der Waals surface area contributed by atoms with E-state index < -0.39 is 0 Å². The van der Waals surface area contributed by atoms with Crippen LogP contribution in [0.3, 0.4) is 0 Å². The lowest BCUT2D eigenvalue weighted by Crippen LogP contribution is -2.53. The first-order valence-electron chi connectivity index (χ1n) is 9.28. The van der Waals surface area contributed by atoms with Gasteiger partial charge in [0.05, 0.1) is 0 Å². The van der Waals surface area contributed by atoms with Crippen molar-refractivity contribution in [2.75, 3.05) is 0 Å². The third kappa shape index (κ3) is 1.77. The van der Waals surface area contributed by atoms with Crippen molar-refractivity contribution >= 4 is 0 Å². The molecular formula is C19H33N. The van der Waals surface area contributed by atoms with Gasteiger partial charge in [-0.2, -0.15) is 0 Å². The molecule has 4 aliphatic rings. The predicted octanol–water partition coefficient (Wildman–Crippen LogP) is 4.75. The highest BCUT2D eigenvalue weighted by Gasteiger charge is 2.57. The van der Waals surface area contributed by atoms with Crippen LogP contribution in [0.4, 0.5) is 0 Å². The van der Waals surface area contributed by atoms with Gasteiger partial charge in [0, 0.05) is 6.04 Å². The van der Waals surface area contributed by atoms with Gasteiger partial charge in [-0.1, -0.05) is 20.3 Å². The molecule has 0 aromatic rings. The molecule has 4 fully saturated rings. The van der Waals surface area contributed by atoms with Crippen LogP contribution in [-0.4, -0.2) is 6.04 Å². The lowest BCUT2D eigenvalue weighted by Gasteiger charge is -2.60. The normalized spacial score (nSPS) is 58.6. The molecule has 1 heteroatoms. The van der Waals surface area contributed by atoms with Gasteiger partial charge in [0.1, 0.15) is 0 Å². The zero-order chi connectivity index (χ0) is 14.0. The molecule has 114 valence electrons. The molecule has 0 heterocycles. The van der Waals surface area contributed by atoms with E-state index in [9.17, 15) is 0 Å². The summed E-state index contributed by atoms with van der Waals surface area (Å²) in [5.74, 6) is 4.10. The Bertz CT molecular complexity index is 391. The maximum Gasteiger partial charge on any atom is 0.00418 e. The average molecular weight is 275 g/mol. The second kappa shape index (κ2) is 4.48. The maximum absolute atomic E-state index is 6.28. The molecule has 7 atom stereocenters. The zero-order valence-electron chi connectivity index (χ0n) is 13.5. The molecule has 20 heavy (non-hydrogen) atoms. The van der Waals surface area contributed by atoms with E-state index >= 15 is 0 Å². The van der Waals surface area contributed by atoms with E-state index in [2.05, 4.69) is 13.8 Å². The van der Waals surface area contributed by atoms with E-state index in [4.69, 9.17) is 5.73 Å². The van der Waals surface area contributed by atoms with Crippen LogP contribution in [0, 0.1) is 34.5 Å². The largest absolute Gasteiger partial charge is 0.328 e. The van der Waals surface area contributed by atoms with Gasteiger partial charge in [-0.25, -0.2) is 0 Å². The van der Waals surface area contributed by atoms with Crippen molar-refractivity contribution in [3.05, 3.63) is 0 Å². The lowest BCUT2D eigenvalue weighted by molar-refractivity contribution is -0.105. The van der Waals surface area contributed by atoms with Crippen LogP contribution in [0.5, 0.6) is 0 Å². The van der Waals surface area contributed by atoms with Crippen LogP contribution in [0.1, 0.15) is 78.1 Å². The van der Waals surface area contributed by atoms with Gasteiger partial charge in [-0.15, -0.1) is 0 Å². The van der Waals surface area contributed by atoms with Crippen molar-refractivity contribution in [2.24, 2.45) is 40.2 Å². The van der Waals surface area contributed by atoms with Crippen LogP contribution >= 0.6 is 0 Å². The van der Waals surface area contributed by atoms with Gasteiger partial charge in [0.2, 0.25) is 0 Å². The highest BCUT2D eigenvalue weighted by Crippen LogP contribution is 2.66. The van der Waals surface area contributed by atoms with Gasteiger partial charge in [0.25, 0.3) is 0 Å². The van der Waals surface area contributed by atoms with Gasteiger partial charge >= 0.3 is 0 Å². The van der Waals surface area contributed by atoms with E-state index in [1.165, 1.54) is 64.2 Å². The summed E-state index contributed by atoms with van der Waals surface area (Å²) in [6, 6.07) is 0.505. The number of nitrogens with two attached hydrogens (primary N) is 1. The summed E-state index contributed by atoms with van der Waals surface area (Å²) in [7, 11) is 0. The summed E-state index contributed by atoms with van der Waals surface area (Å²) in [5, 5.41) is 0. The molecule has 0 aliphatic heterocycles. The summed E-state index contributed by atoms with van der Waals surface area (Å²) in [4.78, 5) is 0. The minimum atomic E-state index is 0.505. The van der Waals surface area contributed by atoms with E-state index in [-0.39, 0.29) is 0 Å². The highest BCUT2D eigenvalue weighted by atomic mass is 14.7. The molecule has 2 N–H and O–H groups in total. The van der Waals surface area contributed by atoms with Crippen molar-refractivity contribution in [1.29, 1.82) is 0 Å². The van der Waals surface area contributed by atoms with Gasteiger partial charge in [0.15, 0.2) is 0 Å². The Morgan fingerprint density at radius 2 is 1.70 bits per heavy atom. The van der Waals surface area contributed by atoms with E-state index in [1.54, 1.807) is 0 Å². The van der Waals surface area contributed by atoms with Gasteiger partial charge < -0.3 is 5.73 Å². The maximum atomic E-state index is 6.28. The molecule has 0 amide bonds. The molecule has 0 aromatic carbocycles. The molecule has 4 aliphatic carbocycles. The first-order chi connectivity index (χ1) is 9.53. The quantitative estimate of drug-likeness (QED) is 0.678. The number of fused-ring (bicyclic) bond motifs is 5. The third-order valence-corrected chi connectivity index (χ3v) is 8.49. The summed E-state index contributed by atoms with van der Waals surface area (Å²) >= 11 is 0. The molecule has 6 unspecified atom stereocenters. The van der Waals surface area contributed by atoms with Crippen molar-refractivity contribution in [3.63, 3.8) is 0 Å². The molecule has 1 nitrogen and oxygen atoms in total. The molecule has 0 aromatic heterocycles. The topological polar surface area (TPSA) is 26.0 Å². The van der Waals surface area contributed by atoms with Crippen LogP contribution in [0.15, 0.2) is 0 Å². The van der Waals surface area contributed by atoms with Crippen LogP contribution in [0.25, 0.3) is 0 Å². The molecule has 0 saturated heterocycles. The monoisotopic (exact) mass is 275 g/mol. The molecule has 4 saturated carbocycles. The second-order valence-corrected chi connectivity index (χ2v) is 9.28. The number of rotatable bonds is 0. The van der Waals surface area contributed by atoms with Crippen LogP contribution < -0.4 is 5.73 Å². The van der Waals surface area contributed by atoms with Crippen molar-refractivity contribution in [3.8, 4) is 0 Å². The van der Waals surface area contributed by atoms with E-state index in [1.807, 2.05) is 0 Å². The lowest BCUT2D eigenvalue weighted by atomic mass is 9.45. The minimum absolute atomic E-state index is 0.505. The van der Waals surface area contributed by atoms with Gasteiger partial charge in [-0.3, -0.25) is 0 Å². The zero-order valence-corrected chi connectivity index (χ0v) is 13.5. The first kappa shape index (κ1) is 13.6. The molecule has 0 radical (unpaired) electrons. The predicted molar refractivity (Wildman–Crippen MR) is 84.3 cm³/mol. The fraction of sp³-hybridized carbons (Fsp3) is 1.00. The average Bonchev–Trinajstić information content (AvgIpc) is 2.81. The second-order valence-electron chi connectivity index (χ2n) is 9.28. The SMILES string of the molecule is CC12CCCC1C1CCC3C[C@H](N)CCC3(C)C1CC2. The standard InChI is InChI=1S/C19H33N/c1-18-9-3-4-16(18)15-6-5-13-12-14(20)7-11-19(13,2)17(15)8-10-18/h13-17H,3-12,20H2,1-2H3/t13?,14-,15?,16?,17?,18?,19?/m1/s1. The summed E-state index contributed by atoms with van der Waals surface area (Å²) in [5.41, 5.74) is 7.63. The Balaban J connectivity index is 1.62. The Morgan fingerprint density at radius 1 is 0.850 bits per heavy atom. The molecule has 0 bridgehead atoms. The third-order valence-electron chi connectivity index (χ3n) is 8.49. The number of hydrogen-bond donors (Lipinski definition) is 1. The Kier molecular flexibility index (Phi) is 3.05. The smallest absolute Gasteiger partial charge is 0.00418 e. The fourth-order valence-corrected chi connectivity index (χ4v) is 7.28. The van der Waals surface area contributed by atoms with Crippen LogP contribution in [0.2, 0.25) is 0 Å². The Morgan fingerprint density at radius 3 is 2.55 bits per heavy atom. The molecule has 0 spiro atoms. The van der Waals surface area contributed by atoms with Gasteiger partial charge in [-0.05, 0) is 92.3 Å². The Hall–Kier alpha value is -0.0400. The summed E-state index contributed by atoms with van der Waals surface area (Å²) < 4.78 is 0. The van der Waals surface area contributed by atoms with Crippen LogP contribution in [-0.2, 0) is 0 Å². The summed E-state index contributed by atoms with van der Waals surface area (Å²) in [6.45, 7) is 5.27. The van der Waals surface area contributed by atoms with E-state index in [0.717, 1.165) is 29.1 Å². The summed E-state index contributed by atoms with van der Waals surface area (Å²) in [6.07, 6.45) is 14.7. The molecular weight excluding hydrogens is 242 g/mol. The minimum Gasteiger partial charge on any atom is -0.328 e. The van der Waals surface area contributed by atoms with Crippen molar-refractivity contribution in [2.45, 2.75) is 84.1 Å². The van der Waals surface area contributed by atoms with E-state index in [0.29, 0.717) is 11.5 Å². The number of hydrogen-bond acceptors (Lipinski definition) is 1. The van der Waals surface area contributed by atoms with Crippen molar-refractivity contribution < 1.29 is 0 Å². The van der Waals surface area contributed by atoms with Crippen molar-refractivity contribution in [1.82, 2.24) is 0 Å².